The first-order valence-corrected chi connectivity index (χ1v) is 4.79. The highest BCUT2D eigenvalue weighted by Gasteiger charge is 2.03. The van der Waals surface area contributed by atoms with Crippen LogP contribution < -0.4 is 5.73 Å². The van der Waals surface area contributed by atoms with Gasteiger partial charge in [-0.1, -0.05) is 0 Å². The van der Waals surface area contributed by atoms with Crippen LogP contribution in [0.3, 0.4) is 0 Å². The van der Waals surface area contributed by atoms with E-state index in [1.165, 1.54) is 0 Å². The molecule has 0 bridgehead atoms. The number of hydrogen-bond acceptors (Lipinski definition) is 4. The van der Waals surface area contributed by atoms with Gasteiger partial charge in [-0.05, 0) is 25.5 Å². The monoisotopic (exact) mass is 195 g/mol. The summed E-state index contributed by atoms with van der Waals surface area (Å²) in [7, 11) is 1.69. The van der Waals surface area contributed by atoms with E-state index in [4.69, 9.17) is 10.5 Å². The molecule has 0 aliphatic rings. The van der Waals surface area contributed by atoms with Crippen LogP contribution in [0.1, 0.15) is 18.3 Å². The molecular formula is C10H17N3O. The van der Waals surface area contributed by atoms with Crippen molar-refractivity contribution in [2.75, 3.05) is 13.7 Å². The Balaban J connectivity index is 2.54. The lowest BCUT2D eigenvalue weighted by molar-refractivity contribution is 0.117. The molecule has 0 aliphatic carbocycles. The Morgan fingerprint density at radius 1 is 1.43 bits per heavy atom. The summed E-state index contributed by atoms with van der Waals surface area (Å²) in [5, 5.41) is 0. The zero-order chi connectivity index (χ0) is 10.4. The molecule has 0 amide bonds. The fourth-order valence-electron chi connectivity index (χ4n) is 1.12. The van der Waals surface area contributed by atoms with Gasteiger partial charge >= 0.3 is 0 Å². The molecule has 4 nitrogen and oxygen atoms in total. The van der Waals surface area contributed by atoms with Crippen LogP contribution in [0.15, 0.2) is 12.4 Å². The van der Waals surface area contributed by atoms with Gasteiger partial charge in [0.1, 0.15) is 5.82 Å². The van der Waals surface area contributed by atoms with Crippen LogP contribution in [0, 0.1) is 0 Å². The van der Waals surface area contributed by atoms with Crippen molar-refractivity contribution in [2.45, 2.75) is 25.9 Å². The predicted octanol–water partition coefficient (Wildman–Crippen LogP) is 0.555. The van der Waals surface area contributed by atoms with Gasteiger partial charge in [0.15, 0.2) is 0 Å². The van der Waals surface area contributed by atoms with E-state index in [9.17, 15) is 0 Å². The number of nitrogens with two attached hydrogens (primary N) is 1. The fourth-order valence-corrected chi connectivity index (χ4v) is 1.12. The van der Waals surface area contributed by atoms with Gasteiger partial charge in [0.2, 0.25) is 0 Å². The molecule has 4 heteroatoms. The summed E-state index contributed by atoms with van der Waals surface area (Å²) in [6.45, 7) is 2.63. The molecule has 1 heterocycles. The summed E-state index contributed by atoms with van der Waals surface area (Å²) in [6, 6.07) is 0. The average molecular weight is 195 g/mol. The normalized spacial score (nSPS) is 12.8. The summed E-state index contributed by atoms with van der Waals surface area (Å²) in [4.78, 5) is 8.48. The fraction of sp³-hybridized carbons (Fsp3) is 0.600. The van der Waals surface area contributed by atoms with E-state index in [0.717, 1.165) is 24.2 Å². The van der Waals surface area contributed by atoms with Gasteiger partial charge in [0, 0.05) is 25.9 Å². The standard InChI is InChI=1S/C10H17N3O/c1-8(14-2)5-10-12-6-9(3-4-11)7-13-10/h6-8H,3-5,11H2,1-2H3. The molecule has 1 rings (SSSR count). The van der Waals surface area contributed by atoms with Crippen molar-refractivity contribution in [3.63, 3.8) is 0 Å². The third kappa shape index (κ3) is 3.40. The Morgan fingerprint density at radius 3 is 2.57 bits per heavy atom. The van der Waals surface area contributed by atoms with Crippen LogP contribution in [-0.2, 0) is 17.6 Å². The Kier molecular flexibility index (Phi) is 4.49. The third-order valence-electron chi connectivity index (χ3n) is 2.06. The first-order valence-electron chi connectivity index (χ1n) is 4.79. The zero-order valence-corrected chi connectivity index (χ0v) is 8.73. The topological polar surface area (TPSA) is 61.0 Å². The van der Waals surface area contributed by atoms with E-state index in [1.54, 1.807) is 7.11 Å². The lowest BCUT2D eigenvalue weighted by Gasteiger charge is -2.07. The molecule has 0 saturated carbocycles. The van der Waals surface area contributed by atoms with Gasteiger partial charge in [-0.25, -0.2) is 9.97 Å². The lowest BCUT2D eigenvalue weighted by Crippen LogP contribution is -2.12. The van der Waals surface area contributed by atoms with Gasteiger partial charge in [0.25, 0.3) is 0 Å². The van der Waals surface area contributed by atoms with Gasteiger partial charge in [-0.2, -0.15) is 0 Å². The van der Waals surface area contributed by atoms with E-state index in [-0.39, 0.29) is 6.10 Å². The number of rotatable bonds is 5. The van der Waals surface area contributed by atoms with Crippen molar-refractivity contribution in [3.05, 3.63) is 23.8 Å². The summed E-state index contributed by atoms with van der Waals surface area (Å²) in [5.74, 6) is 0.820. The Morgan fingerprint density at radius 2 is 2.07 bits per heavy atom. The highest BCUT2D eigenvalue weighted by Crippen LogP contribution is 2.01. The minimum atomic E-state index is 0.162. The summed E-state index contributed by atoms with van der Waals surface area (Å²) < 4.78 is 5.13. The molecule has 0 aliphatic heterocycles. The highest BCUT2D eigenvalue weighted by atomic mass is 16.5. The van der Waals surface area contributed by atoms with Crippen molar-refractivity contribution in [3.8, 4) is 0 Å². The molecular weight excluding hydrogens is 178 g/mol. The van der Waals surface area contributed by atoms with Crippen LogP contribution in [0.5, 0.6) is 0 Å². The third-order valence-corrected chi connectivity index (χ3v) is 2.06. The van der Waals surface area contributed by atoms with Crippen LogP contribution in [0.2, 0.25) is 0 Å². The molecule has 0 saturated heterocycles. The van der Waals surface area contributed by atoms with Crippen LogP contribution >= 0.6 is 0 Å². The molecule has 1 aromatic heterocycles. The summed E-state index contributed by atoms with van der Waals surface area (Å²) >= 11 is 0. The van der Waals surface area contributed by atoms with Gasteiger partial charge in [0.05, 0.1) is 6.10 Å². The molecule has 1 aromatic rings. The lowest BCUT2D eigenvalue weighted by atomic mass is 10.2. The molecule has 1 unspecified atom stereocenters. The smallest absolute Gasteiger partial charge is 0.130 e. The minimum Gasteiger partial charge on any atom is -0.381 e. The molecule has 0 aromatic carbocycles. The Hall–Kier alpha value is -1.00. The van der Waals surface area contributed by atoms with Crippen molar-refractivity contribution in [1.82, 2.24) is 9.97 Å². The van der Waals surface area contributed by atoms with E-state index >= 15 is 0 Å². The Labute approximate surface area is 84.5 Å². The van der Waals surface area contributed by atoms with Gasteiger partial charge in [-0.3, -0.25) is 0 Å². The van der Waals surface area contributed by atoms with Crippen molar-refractivity contribution >= 4 is 0 Å². The number of aromatic nitrogens is 2. The summed E-state index contributed by atoms with van der Waals surface area (Å²) in [5.41, 5.74) is 6.51. The first-order chi connectivity index (χ1) is 6.76. The van der Waals surface area contributed by atoms with E-state index < -0.39 is 0 Å². The van der Waals surface area contributed by atoms with Crippen LogP contribution in [0.25, 0.3) is 0 Å². The van der Waals surface area contributed by atoms with E-state index in [1.807, 2.05) is 19.3 Å². The van der Waals surface area contributed by atoms with Crippen LogP contribution in [-0.4, -0.2) is 29.7 Å². The largest absolute Gasteiger partial charge is 0.381 e. The van der Waals surface area contributed by atoms with Crippen LogP contribution in [0.4, 0.5) is 0 Å². The maximum atomic E-state index is 5.43. The Bertz CT molecular complexity index is 261. The predicted molar refractivity (Wildman–Crippen MR) is 55.0 cm³/mol. The maximum absolute atomic E-state index is 5.43. The molecule has 0 fully saturated rings. The number of hydrogen-bond donors (Lipinski definition) is 1. The highest BCUT2D eigenvalue weighted by molar-refractivity contribution is 5.05. The quantitative estimate of drug-likeness (QED) is 0.745. The average Bonchev–Trinajstić information content (AvgIpc) is 2.21. The number of methoxy groups -OCH3 is 1. The van der Waals surface area contributed by atoms with E-state index in [0.29, 0.717) is 6.54 Å². The molecule has 0 radical (unpaired) electrons. The minimum absolute atomic E-state index is 0.162. The SMILES string of the molecule is COC(C)Cc1ncc(CCN)cn1. The second kappa shape index (κ2) is 5.67. The second-order valence-corrected chi connectivity index (χ2v) is 3.30. The van der Waals surface area contributed by atoms with Gasteiger partial charge in [-0.15, -0.1) is 0 Å². The molecule has 14 heavy (non-hydrogen) atoms. The molecule has 78 valence electrons. The van der Waals surface area contributed by atoms with Crippen molar-refractivity contribution in [2.24, 2.45) is 5.73 Å². The first kappa shape index (κ1) is 11.1. The maximum Gasteiger partial charge on any atom is 0.130 e. The number of ether oxygens (including phenoxy) is 1. The summed E-state index contributed by atoms with van der Waals surface area (Å²) in [6.07, 6.45) is 5.41. The van der Waals surface area contributed by atoms with Crippen molar-refractivity contribution < 1.29 is 4.74 Å². The number of nitrogens with zero attached hydrogens (tertiary/aromatic N) is 2. The van der Waals surface area contributed by atoms with Crippen molar-refractivity contribution in [1.29, 1.82) is 0 Å². The molecule has 1 atom stereocenters. The second-order valence-electron chi connectivity index (χ2n) is 3.30. The molecule has 0 spiro atoms. The van der Waals surface area contributed by atoms with E-state index in [2.05, 4.69) is 9.97 Å². The van der Waals surface area contributed by atoms with Gasteiger partial charge < -0.3 is 10.5 Å². The zero-order valence-electron chi connectivity index (χ0n) is 8.73. The molecule has 2 N–H and O–H groups in total.